The van der Waals surface area contributed by atoms with Crippen LogP contribution in [-0.4, -0.2) is 0 Å². The van der Waals surface area contributed by atoms with Crippen molar-refractivity contribution in [2.75, 3.05) is 21.9 Å². The van der Waals surface area contributed by atoms with Crippen LogP contribution < -0.4 is 21.9 Å². The van der Waals surface area contributed by atoms with Gasteiger partial charge >= 0.3 is 0 Å². The monoisotopic (exact) mass is 382 g/mol. The van der Waals surface area contributed by atoms with Gasteiger partial charge in [-0.1, -0.05) is 24.3 Å². The molecule has 2 aromatic carbocycles. The van der Waals surface area contributed by atoms with Gasteiger partial charge in [-0.25, -0.2) is 0 Å². The summed E-state index contributed by atoms with van der Waals surface area (Å²) in [4.78, 5) is 0. The van der Waals surface area contributed by atoms with Crippen molar-refractivity contribution >= 4 is 22.7 Å². The molecule has 0 aromatic heterocycles. The van der Waals surface area contributed by atoms with E-state index >= 15 is 0 Å². The first-order chi connectivity index (χ1) is 9.76. The number of benzene rings is 2. The van der Waals surface area contributed by atoms with Crippen LogP contribution in [0.5, 0.6) is 0 Å². The molecular formula is C12H12N4O4Pd-4. The summed E-state index contributed by atoms with van der Waals surface area (Å²) in [7, 11) is 0. The van der Waals surface area contributed by atoms with Crippen molar-refractivity contribution in [1.82, 2.24) is 0 Å². The van der Waals surface area contributed by atoms with Gasteiger partial charge in [-0.2, -0.15) is 0 Å². The van der Waals surface area contributed by atoms with Crippen LogP contribution >= 0.6 is 0 Å². The average Bonchev–Trinajstić information content (AvgIpc) is 2.55. The van der Waals surface area contributed by atoms with Crippen molar-refractivity contribution in [3.05, 3.63) is 69.4 Å². The van der Waals surface area contributed by atoms with Gasteiger partial charge in [0.25, 0.3) is 0 Å². The van der Waals surface area contributed by atoms with Crippen molar-refractivity contribution in [1.29, 1.82) is 0 Å². The maximum Gasteiger partial charge on any atom is 0.0461 e. The summed E-state index contributed by atoms with van der Waals surface area (Å²) in [6.07, 6.45) is 0. The molecule has 0 unspecified atom stereocenters. The molecule has 0 atom stereocenters. The molecule has 0 amide bonds. The first-order valence-corrected chi connectivity index (χ1v) is 5.47. The van der Waals surface area contributed by atoms with Crippen LogP contribution in [0.3, 0.4) is 0 Å². The van der Waals surface area contributed by atoms with Gasteiger partial charge in [0.15, 0.2) is 0 Å². The fourth-order valence-electron chi connectivity index (χ4n) is 1.32. The zero-order chi connectivity index (χ0) is 14.8. The number of para-hydroxylation sites is 4. The number of nitrogens with one attached hydrogen (secondary N) is 4. The first kappa shape index (κ1) is 19.1. The van der Waals surface area contributed by atoms with E-state index in [1.807, 2.05) is 0 Å². The Hall–Kier alpha value is -1.86. The number of rotatable bonds is 4. The van der Waals surface area contributed by atoms with E-state index in [0.717, 1.165) is 0 Å². The van der Waals surface area contributed by atoms with Crippen LogP contribution in [0, 0.1) is 20.8 Å². The van der Waals surface area contributed by atoms with E-state index in [0.29, 0.717) is 0 Å². The molecule has 8 nitrogen and oxygen atoms in total. The molecule has 0 aliphatic heterocycles. The molecule has 4 N–H and O–H groups in total. The van der Waals surface area contributed by atoms with Crippen molar-refractivity contribution in [3.63, 3.8) is 0 Å². The number of anilines is 4. The summed E-state index contributed by atoms with van der Waals surface area (Å²) in [5.41, 5.74) is 7.58. The van der Waals surface area contributed by atoms with Crippen molar-refractivity contribution < 1.29 is 20.4 Å². The standard InChI is InChI=1S/2C6H6N2O2.Pd/c2*9-7-5-3-1-2-4-6(5)8-10;/h2*1-4,7-8H;/q2*-2;. The van der Waals surface area contributed by atoms with E-state index in [4.69, 9.17) is 0 Å². The van der Waals surface area contributed by atoms with Gasteiger partial charge in [0.05, 0.1) is 0 Å². The van der Waals surface area contributed by atoms with Crippen LogP contribution in [0.4, 0.5) is 22.7 Å². The van der Waals surface area contributed by atoms with Gasteiger partial charge in [0, 0.05) is 43.2 Å². The third-order valence-corrected chi connectivity index (χ3v) is 2.29. The Morgan fingerprint density at radius 2 is 0.667 bits per heavy atom. The Morgan fingerprint density at radius 3 is 0.810 bits per heavy atom. The Morgan fingerprint density at radius 1 is 0.476 bits per heavy atom. The molecular weight excluding hydrogens is 371 g/mol. The molecule has 9 heteroatoms. The molecule has 0 bridgehead atoms. The Labute approximate surface area is 134 Å². The minimum absolute atomic E-state index is 0. The molecule has 118 valence electrons. The fourth-order valence-corrected chi connectivity index (χ4v) is 1.32. The topological polar surface area (TPSA) is 140 Å². The van der Waals surface area contributed by atoms with E-state index in [2.05, 4.69) is 0 Å². The summed E-state index contributed by atoms with van der Waals surface area (Å²) >= 11 is 0. The van der Waals surface area contributed by atoms with E-state index in [-0.39, 0.29) is 43.2 Å². The second kappa shape index (κ2) is 10.9. The first-order valence-electron chi connectivity index (χ1n) is 5.47. The van der Waals surface area contributed by atoms with E-state index in [1.165, 1.54) is 24.3 Å². The number of hydrogen-bond donors (Lipinski definition) is 4. The van der Waals surface area contributed by atoms with E-state index < -0.39 is 0 Å². The summed E-state index contributed by atoms with van der Waals surface area (Å²) in [6, 6.07) is 12.8. The second-order valence-corrected chi connectivity index (χ2v) is 3.50. The molecule has 0 radical (unpaired) electrons. The summed E-state index contributed by atoms with van der Waals surface area (Å²) < 4.78 is 0. The molecule has 2 rings (SSSR count). The van der Waals surface area contributed by atoms with Crippen LogP contribution in [0.1, 0.15) is 0 Å². The predicted octanol–water partition coefficient (Wildman–Crippen LogP) is 3.01. The predicted molar refractivity (Wildman–Crippen MR) is 80.8 cm³/mol. The van der Waals surface area contributed by atoms with Gasteiger partial charge in [0.2, 0.25) is 0 Å². The second-order valence-electron chi connectivity index (χ2n) is 3.50. The summed E-state index contributed by atoms with van der Waals surface area (Å²) in [6.45, 7) is 0. The quantitative estimate of drug-likeness (QED) is 0.467. The SMILES string of the molecule is [O-]Nc1ccccc1N[O-].[O-]Nc1ccccc1N[O-].[Pd]. The Balaban J connectivity index is 0.000000364. The van der Waals surface area contributed by atoms with Crippen molar-refractivity contribution in [3.8, 4) is 0 Å². The average molecular weight is 383 g/mol. The molecule has 0 heterocycles. The molecule has 0 aliphatic carbocycles. The molecule has 0 fully saturated rings. The minimum Gasteiger partial charge on any atom is -0.761 e. The number of hydrogen-bond acceptors (Lipinski definition) is 8. The van der Waals surface area contributed by atoms with Crippen LogP contribution in [-0.2, 0) is 20.4 Å². The zero-order valence-corrected chi connectivity index (χ0v) is 12.1. The Bertz CT molecular complexity index is 437. The summed E-state index contributed by atoms with van der Waals surface area (Å²) in [5.74, 6) is 0. The maximum absolute atomic E-state index is 10.1. The third-order valence-electron chi connectivity index (χ3n) is 2.29. The fraction of sp³-hybridized carbons (Fsp3) is 0. The van der Waals surface area contributed by atoms with Gasteiger partial charge in [-0.15, -0.1) is 0 Å². The largest absolute Gasteiger partial charge is 0.761 e. The maximum atomic E-state index is 10.1. The zero-order valence-electron chi connectivity index (χ0n) is 10.6. The van der Waals surface area contributed by atoms with Gasteiger partial charge < -0.3 is 42.7 Å². The van der Waals surface area contributed by atoms with Gasteiger partial charge in [0.1, 0.15) is 0 Å². The minimum atomic E-state index is 0. The van der Waals surface area contributed by atoms with E-state index in [9.17, 15) is 20.8 Å². The van der Waals surface area contributed by atoms with Crippen molar-refractivity contribution in [2.45, 2.75) is 0 Å². The summed E-state index contributed by atoms with van der Waals surface area (Å²) in [5, 5.41) is 40.3. The smallest absolute Gasteiger partial charge is 0.0461 e. The molecule has 0 saturated carbocycles. The third kappa shape index (κ3) is 5.97. The van der Waals surface area contributed by atoms with Crippen LogP contribution in [0.2, 0.25) is 0 Å². The molecule has 2 aromatic rings. The molecule has 21 heavy (non-hydrogen) atoms. The van der Waals surface area contributed by atoms with Gasteiger partial charge in [-0.05, 0) is 24.3 Å². The van der Waals surface area contributed by atoms with Crippen LogP contribution in [0.15, 0.2) is 48.5 Å². The molecule has 0 saturated heterocycles. The van der Waals surface area contributed by atoms with Crippen LogP contribution in [0.25, 0.3) is 0 Å². The van der Waals surface area contributed by atoms with Crippen molar-refractivity contribution in [2.24, 2.45) is 0 Å². The normalized spacial score (nSPS) is 8.57. The Kier molecular flexibility index (Phi) is 9.91. The molecule has 0 spiro atoms. The van der Waals surface area contributed by atoms with Gasteiger partial charge in [-0.3, -0.25) is 0 Å². The van der Waals surface area contributed by atoms with E-state index in [1.54, 1.807) is 46.2 Å². The molecule has 0 aliphatic rings.